The van der Waals surface area contributed by atoms with Crippen molar-refractivity contribution in [2.24, 2.45) is 0 Å². The smallest absolute Gasteiger partial charge is 0.255 e. The highest BCUT2D eigenvalue weighted by Gasteiger charge is 2.20. The number of hydrogen-bond donors (Lipinski definition) is 1. The van der Waals surface area contributed by atoms with Crippen LogP contribution in [0.3, 0.4) is 0 Å². The molecule has 0 saturated heterocycles. The highest BCUT2D eigenvalue weighted by molar-refractivity contribution is 6.10. The largest absolute Gasteiger partial charge is 0.493 e. The van der Waals surface area contributed by atoms with E-state index in [-0.39, 0.29) is 5.91 Å². The lowest BCUT2D eigenvalue weighted by Crippen LogP contribution is -2.15. The summed E-state index contributed by atoms with van der Waals surface area (Å²) in [6.07, 6.45) is 4.64. The Morgan fingerprint density at radius 3 is 2.11 bits per heavy atom. The van der Waals surface area contributed by atoms with E-state index in [1.54, 1.807) is 27.4 Å². The van der Waals surface area contributed by atoms with E-state index in [0.717, 1.165) is 23.2 Å². The Bertz CT molecular complexity index is 885. The van der Waals surface area contributed by atoms with Crippen LogP contribution in [0.2, 0.25) is 0 Å². The van der Waals surface area contributed by atoms with Gasteiger partial charge in [-0.1, -0.05) is 31.2 Å². The summed E-state index contributed by atoms with van der Waals surface area (Å²) in [5.41, 5.74) is 4.39. The van der Waals surface area contributed by atoms with Crippen LogP contribution in [0.4, 0.5) is 0 Å². The fourth-order valence-electron chi connectivity index (χ4n) is 3.00. The van der Waals surface area contributed by atoms with E-state index in [0.29, 0.717) is 22.8 Å². The fourth-order valence-corrected chi connectivity index (χ4v) is 3.00. The first-order chi connectivity index (χ1) is 13.1. The molecule has 0 fully saturated rings. The van der Waals surface area contributed by atoms with Crippen LogP contribution in [-0.4, -0.2) is 27.2 Å². The van der Waals surface area contributed by atoms with Gasteiger partial charge in [-0.25, -0.2) is 0 Å². The summed E-state index contributed by atoms with van der Waals surface area (Å²) in [5, 5.41) is 2.92. The molecule has 0 spiro atoms. The van der Waals surface area contributed by atoms with E-state index in [9.17, 15) is 4.79 Å². The van der Waals surface area contributed by atoms with Crippen LogP contribution in [0.15, 0.2) is 48.0 Å². The molecule has 0 unspecified atom stereocenters. The molecule has 0 atom stereocenters. The molecule has 2 aromatic rings. The van der Waals surface area contributed by atoms with E-state index in [2.05, 4.69) is 24.4 Å². The van der Waals surface area contributed by atoms with Crippen LogP contribution < -0.4 is 19.5 Å². The molecule has 0 bridgehead atoms. The van der Waals surface area contributed by atoms with Crippen molar-refractivity contribution < 1.29 is 19.0 Å². The van der Waals surface area contributed by atoms with E-state index in [1.165, 1.54) is 5.56 Å². The Hall–Kier alpha value is -3.21. The quantitative estimate of drug-likeness (QED) is 0.791. The molecular formula is C22H23NO4. The highest BCUT2D eigenvalue weighted by Crippen LogP contribution is 2.39. The number of carbonyl (C=O) groups excluding carboxylic acids is 1. The number of ether oxygens (including phenoxy) is 3. The average Bonchev–Trinajstić information content (AvgIpc) is 3.07. The molecule has 0 aliphatic carbocycles. The number of aryl methyl sites for hydroxylation is 1. The van der Waals surface area contributed by atoms with Gasteiger partial charge in [0.15, 0.2) is 11.5 Å². The van der Waals surface area contributed by atoms with Crippen LogP contribution in [0.1, 0.15) is 23.6 Å². The zero-order valence-corrected chi connectivity index (χ0v) is 16.0. The van der Waals surface area contributed by atoms with Crippen molar-refractivity contribution in [2.45, 2.75) is 13.3 Å². The summed E-state index contributed by atoms with van der Waals surface area (Å²) in [6.45, 7) is 2.11. The third-order valence-corrected chi connectivity index (χ3v) is 4.49. The van der Waals surface area contributed by atoms with Crippen molar-refractivity contribution in [2.75, 3.05) is 21.3 Å². The van der Waals surface area contributed by atoms with Gasteiger partial charge in [-0.05, 0) is 47.4 Å². The zero-order chi connectivity index (χ0) is 19.4. The maximum atomic E-state index is 12.4. The number of benzene rings is 2. The minimum Gasteiger partial charge on any atom is -0.493 e. The summed E-state index contributed by atoms with van der Waals surface area (Å²) < 4.78 is 16.1. The van der Waals surface area contributed by atoms with Gasteiger partial charge in [0.1, 0.15) is 0 Å². The third-order valence-electron chi connectivity index (χ3n) is 4.49. The SMILES string of the molecule is CCc1ccc(C2=C/C(=C\c3cc(OC)c(OC)c(OC)c3)C(=O)N2)cc1. The van der Waals surface area contributed by atoms with Crippen molar-refractivity contribution in [1.82, 2.24) is 5.32 Å². The van der Waals surface area contributed by atoms with E-state index in [4.69, 9.17) is 14.2 Å². The highest BCUT2D eigenvalue weighted by atomic mass is 16.5. The monoisotopic (exact) mass is 365 g/mol. The standard InChI is InChI=1S/C22H23NO4/c1-5-14-6-8-16(9-7-14)18-13-17(22(24)23-18)10-15-11-19(25-2)21(27-4)20(12-15)26-3/h6-13H,5H2,1-4H3,(H,23,24)/b17-10+. The van der Waals surface area contributed by atoms with Gasteiger partial charge in [0.2, 0.25) is 5.75 Å². The molecule has 2 aromatic carbocycles. The van der Waals surface area contributed by atoms with Gasteiger partial charge in [0, 0.05) is 11.3 Å². The lowest BCUT2D eigenvalue weighted by atomic mass is 10.1. The Labute approximate surface area is 159 Å². The Morgan fingerprint density at radius 2 is 1.59 bits per heavy atom. The van der Waals surface area contributed by atoms with E-state index >= 15 is 0 Å². The van der Waals surface area contributed by atoms with Gasteiger partial charge >= 0.3 is 0 Å². The molecule has 0 saturated carbocycles. The maximum absolute atomic E-state index is 12.4. The maximum Gasteiger partial charge on any atom is 0.255 e. The molecule has 1 heterocycles. The predicted octanol–water partition coefficient (Wildman–Crippen LogP) is 3.83. The van der Waals surface area contributed by atoms with Gasteiger partial charge in [-0.2, -0.15) is 0 Å². The van der Waals surface area contributed by atoms with Crippen molar-refractivity contribution in [3.05, 3.63) is 64.7 Å². The summed E-state index contributed by atoms with van der Waals surface area (Å²) in [4.78, 5) is 12.4. The Balaban J connectivity index is 1.96. The van der Waals surface area contributed by atoms with E-state index in [1.807, 2.05) is 30.3 Å². The summed E-state index contributed by atoms with van der Waals surface area (Å²) in [5.74, 6) is 1.46. The molecule has 5 heteroatoms. The van der Waals surface area contributed by atoms with Gasteiger partial charge < -0.3 is 19.5 Å². The molecule has 27 heavy (non-hydrogen) atoms. The Kier molecular flexibility index (Phi) is 5.50. The zero-order valence-electron chi connectivity index (χ0n) is 16.0. The van der Waals surface area contributed by atoms with Crippen LogP contribution in [0.5, 0.6) is 17.2 Å². The van der Waals surface area contributed by atoms with Crippen molar-refractivity contribution >= 4 is 17.7 Å². The second kappa shape index (κ2) is 7.99. The minimum atomic E-state index is -0.140. The molecule has 1 N–H and O–H groups in total. The number of methoxy groups -OCH3 is 3. The molecule has 0 aromatic heterocycles. The number of hydrogen-bond acceptors (Lipinski definition) is 4. The molecule has 0 radical (unpaired) electrons. The molecule has 1 aliphatic heterocycles. The predicted molar refractivity (Wildman–Crippen MR) is 106 cm³/mol. The molecular weight excluding hydrogens is 342 g/mol. The second-order valence-electron chi connectivity index (χ2n) is 6.12. The molecule has 5 nitrogen and oxygen atoms in total. The number of rotatable bonds is 6. The second-order valence-corrected chi connectivity index (χ2v) is 6.12. The van der Waals surface area contributed by atoms with Crippen molar-refractivity contribution in [1.29, 1.82) is 0 Å². The Morgan fingerprint density at radius 1 is 0.963 bits per heavy atom. The fraction of sp³-hybridized carbons (Fsp3) is 0.227. The van der Waals surface area contributed by atoms with Crippen LogP contribution in [-0.2, 0) is 11.2 Å². The van der Waals surface area contributed by atoms with Gasteiger partial charge in [-0.3, -0.25) is 4.79 Å². The minimum absolute atomic E-state index is 0.140. The third kappa shape index (κ3) is 3.82. The van der Waals surface area contributed by atoms with Crippen LogP contribution in [0, 0.1) is 0 Å². The number of nitrogens with one attached hydrogen (secondary N) is 1. The summed E-state index contributed by atoms with van der Waals surface area (Å²) >= 11 is 0. The average molecular weight is 365 g/mol. The topological polar surface area (TPSA) is 56.8 Å². The van der Waals surface area contributed by atoms with Gasteiger partial charge in [0.25, 0.3) is 5.91 Å². The summed E-state index contributed by atoms with van der Waals surface area (Å²) in [7, 11) is 4.69. The molecule has 3 rings (SSSR count). The normalized spacial score (nSPS) is 14.7. The van der Waals surface area contributed by atoms with Crippen molar-refractivity contribution in [3.63, 3.8) is 0 Å². The summed E-state index contributed by atoms with van der Waals surface area (Å²) in [6, 6.07) is 11.8. The lowest BCUT2D eigenvalue weighted by Gasteiger charge is -2.13. The van der Waals surface area contributed by atoms with Crippen LogP contribution >= 0.6 is 0 Å². The molecule has 1 aliphatic rings. The van der Waals surface area contributed by atoms with Crippen LogP contribution in [0.25, 0.3) is 11.8 Å². The van der Waals surface area contributed by atoms with Gasteiger partial charge in [0.05, 0.1) is 21.3 Å². The van der Waals surface area contributed by atoms with Crippen molar-refractivity contribution in [3.8, 4) is 17.2 Å². The number of carbonyl (C=O) groups is 1. The first-order valence-electron chi connectivity index (χ1n) is 8.73. The first-order valence-corrected chi connectivity index (χ1v) is 8.73. The number of amides is 1. The molecule has 140 valence electrons. The van der Waals surface area contributed by atoms with E-state index < -0.39 is 0 Å². The van der Waals surface area contributed by atoms with Gasteiger partial charge in [-0.15, -0.1) is 0 Å². The molecule has 1 amide bonds. The first kappa shape index (κ1) is 18.6. The lowest BCUT2D eigenvalue weighted by molar-refractivity contribution is -0.115.